The van der Waals surface area contributed by atoms with Gasteiger partial charge in [0.25, 0.3) is 0 Å². The molecule has 1 aromatic carbocycles. The van der Waals surface area contributed by atoms with Crippen LogP contribution in [-0.4, -0.2) is 41.0 Å². The Morgan fingerprint density at radius 3 is 2.71 bits per heavy atom. The molecule has 1 saturated carbocycles. The second-order valence-electron chi connectivity index (χ2n) is 9.13. The molecule has 0 bridgehead atoms. The Balaban J connectivity index is 1.73. The number of aliphatic hydroxyl groups is 2. The summed E-state index contributed by atoms with van der Waals surface area (Å²) in [6, 6.07) is 5.84. The van der Waals surface area contributed by atoms with Crippen molar-refractivity contribution >= 4 is 11.9 Å². The number of hydrogen-bond donors (Lipinski definition) is 2. The largest absolute Gasteiger partial charge is 0.460 e. The lowest BCUT2D eigenvalue weighted by molar-refractivity contribution is -0.154. The number of fused-ring (bicyclic) bond motifs is 2. The van der Waals surface area contributed by atoms with Crippen molar-refractivity contribution in [2.75, 3.05) is 6.61 Å². The van der Waals surface area contributed by atoms with Crippen LogP contribution in [0.2, 0.25) is 0 Å². The molecule has 5 unspecified atom stereocenters. The first-order chi connectivity index (χ1) is 14.9. The van der Waals surface area contributed by atoms with Crippen LogP contribution in [0.4, 0.5) is 0 Å². The van der Waals surface area contributed by atoms with Crippen molar-refractivity contribution in [1.82, 2.24) is 0 Å². The second-order valence-corrected chi connectivity index (χ2v) is 9.13. The summed E-state index contributed by atoms with van der Waals surface area (Å²) in [4.78, 5) is 23.3. The third kappa shape index (κ3) is 6.07. The smallest absolute Gasteiger partial charge is 0.332 e. The quantitative estimate of drug-likeness (QED) is 0.333. The molecule has 0 radical (unpaired) electrons. The van der Waals surface area contributed by atoms with Gasteiger partial charge in [-0.05, 0) is 73.5 Å². The van der Waals surface area contributed by atoms with Gasteiger partial charge in [-0.2, -0.15) is 0 Å². The predicted octanol–water partition coefficient (Wildman–Crippen LogP) is 3.59. The molecule has 3 rings (SSSR count). The Morgan fingerprint density at radius 1 is 1.19 bits per heavy atom. The van der Waals surface area contributed by atoms with Crippen molar-refractivity contribution in [3.63, 3.8) is 0 Å². The number of aliphatic hydroxyl groups excluding tert-OH is 2. The highest BCUT2D eigenvalue weighted by atomic mass is 16.6. The van der Waals surface area contributed by atoms with E-state index in [1.807, 2.05) is 12.1 Å². The van der Waals surface area contributed by atoms with Crippen molar-refractivity contribution in [3.8, 4) is 5.75 Å². The highest BCUT2D eigenvalue weighted by Crippen LogP contribution is 2.49. The van der Waals surface area contributed by atoms with E-state index in [-0.39, 0.29) is 24.1 Å². The molecule has 31 heavy (non-hydrogen) atoms. The van der Waals surface area contributed by atoms with Gasteiger partial charge in [-0.15, -0.1) is 0 Å². The maximum atomic E-state index is 11.8. The summed E-state index contributed by atoms with van der Waals surface area (Å²) in [6.45, 7) is 2.95. The van der Waals surface area contributed by atoms with Gasteiger partial charge >= 0.3 is 11.9 Å². The molecule has 0 spiro atoms. The molecule has 0 heterocycles. The number of carbonyl (C=O) groups is 2. The molecule has 2 aliphatic rings. The van der Waals surface area contributed by atoms with E-state index in [1.165, 1.54) is 12.5 Å². The highest BCUT2D eigenvalue weighted by Gasteiger charge is 2.47. The van der Waals surface area contributed by atoms with E-state index in [1.54, 1.807) is 0 Å². The maximum Gasteiger partial charge on any atom is 0.332 e. The summed E-state index contributed by atoms with van der Waals surface area (Å²) in [7, 11) is 0. The number of rotatable bonds is 10. The van der Waals surface area contributed by atoms with E-state index in [4.69, 9.17) is 9.47 Å². The van der Waals surface area contributed by atoms with Gasteiger partial charge in [0.2, 0.25) is 0 Å². The van der Waals surface area contributed by atoms with E-state index >= 15 is 0 Å². The zero-order valence-corrected chi connectivity index (χ0v) is 18.7. The second kappa shape index (κ2) is 11.1. The molecule has 2 N–H and O–H groups in total. The Hall–Kier alpha value is -1.92. The van der Waals surface area contributed by atoms with Crippen LogP contribution in [0.15, 0.2) is 18.2 Å². The van der Waals surface area contributed by atoms with Crippen molar-refractivity contribution in [2.45, 2.75) is 83.8 Å². The predicted molar refractivity (Wildman–Crippen MR) is 117 cm³/mol. The fraction of sp³-hybridized carbons (Fsp3) is 0.680. The van der Waals surface area contributed by atoms with Crippen LogP contribution < -0.4 is 4.74 Å². The Labute approximate surface area is 184 Å². The Bertz CT molecular complexity index is 760. The average Bonchev–Trinajstić information content (AvgIpc) is 3.06. The molecule has 172 valence electrons. The first-order valence-electron chi connectivity index (χ1n) is 11.7. The molecule has 0 aromatic heterocycles. The molecular weight excluding hydrogens is 396 g/mol. The van der Waals surface area contributed by atoms with Crippen LogP contribution in [0.5, 0.6) is 5.75 Å². The van der Waals surface area contributed by atoms with Gasteiger partial charge in [0.1, 0.15) is 18.5 Å². The van der Waals surface area contributed by atoms with Crippen molar-refractivity contribution < 1.29 is 29.3 Å². The summed E-state index contributed by atoms with van der Waals surface area (Å²) in [5, 5.41) is 19.6. The van der Waals surface area contributed by atoms with E-state index in [9.17, 15) is 19.8 Å². The topological polar surface area (TPSA) is 93.1 Å². The number of benzene rings is 1. The van der Waals surface area contributed by atoms with Gasteiger partial charge < -0.3 is 19.7 Å². The lowest BCUT2D eigenvalue weighted by Gasteiger charge is -2.32. The molecule has 0 aliphatic heterocycles. The summed E-state index contributed by atoms with van der Waals surface area (Å²) in [5.41, 5.74) is 2.26. The van der Waals surface area contributed by atoms with Crippen molar-refractivity contribution in [3.05, 3.63) is 29.3 Å². The number of hydrogen-bond acceptors (Lipinski definition) is 6. The van der Waals surface area contributed by atoms with E-state index in [2.05, 4.69) is 13.0 Å². The maximum absolute atomic E-state index is 11.8. The van der Waals surface area contributed by atoms with Crippen LogP contribution in [0.25, 0.3) is 0 Å². The summed E-state index contributed by atoms with van der Waals surface area (Å²) in [5.74, 6) is 0.540. The zero-order chi connectivity index (χ0) is 22.4. The Morgan fingerprint density at radius 2 is 2.00 bits per heavy atom. The van der Waals surface area contributed by atoms with Gasteiger partial charge in [0, 0.05) is 6.92 Å². The fourth-order valence-electron chi connectivity index (χ4n) is 5.53. The minimum atomic E-state index is -0.616. The molecule has 0 saturated heterocycles. The first-order valence-corrected chi connectivity index (χ1v) is 11.7. The SMILES string of the molecule is CCCCCC(O)CCC1C(OC(=O)CO)CC2Cc3c(cccc3OC(C)=O)CC21. The number of ether oxygens (including phenoxy) is 2. The monoisotopic (exact) mass is 432 g/mol. The van der Waals surface area contributed by atoms with E-state index < -0.39 is 12.6 Å². The number of unbranched alkanes of at least 4 members (excludes halogenated alkanes) is 2. The molecule has 2 aliphatic carbocycles. The van der Waals surface area contributed by atoms with Crippen LogP contribution in [0, 0.1) is 17.8 Å². The van der Waals surface area contributed by atoms with Crippen LogP contribution >= 0.6 is 0 Å². The van der Waals surface area contributed by atoms with Gasteiger partial charge in [-0.1, -0.05) is 38.3 Å². The lowest BCUT2D eigenvalue weighted by Crippen LogP contribution is -2.30. The third-order valence-corrected chi connectivity index (χ3v) is 6.96. The van der Waals surface area contributed by atoms with E-state index in [0.29, 0.717) is 24.0 Å². The minimum absolute atomic E-state index is 0.159. The van der Waals surface area contributed by atoms with E-state index in [0.717, 1.165) is 56.9 Å². The summed E-state index contributed by atoms with van der Waals surface area (Å²) < 4.78 is 11.1. The standard InChI is InChI=1S/C25H36O6/c1-3-4-5-8-19(28)10-11-20-21-12-17-7-6-9-23(30-16(2)27)22(17)13-18(21)14-24(20)31-25(29)15-26/h6-7,9,18-21,24,26,28H,3-5,8,10-15H2,1-2H3. The molecule has 1 aromatic rings. The third-order valence-electron chi connectivity index (χ3n) is 6.96. The molecule has 1 fully saturated rings. The summed E-state index contributed by atoms with van der Waals surface area (Å²) >= 11 is 0. The summed E-state index contributed by atoms with van der Waals surface area (Å²) in [6.07, 6.45) is 7.40. The van der Waals surface area contributed by atoms with Crippen LogP contribution in [-0.2, 0) is 27.2 Å². The Kier molecular flexibility index (Phi) is 8.50. The molecule has 6 heteroatoms. The molecule has 5 atom stereocenters. The van der Waals surface area contributed by atoms with Crippen LogP contribution in [0.1, 0.15) is 69.9 Å². The normalized spacial score (nSPS) is 25.4. The molecule has 6 nitrogen and oxygen atoms in total. The molecular formula is C25H36O6. The molecule has 0 amide bonds. The van der Waals surface area contributed by atoms with Crippen molar-refractivity contribution in [1.29, 1.82) is 0 Å². The zero-order valence-electron chi connectivity index (χ0n) is 18.7. The van der Waals surface area contributed by atoms with Crippen LogP contribution in [0.3, 0.4) is 0 Å². The van der Waals surface area contributed by atoms with Gasteiger partial charge in [0.15, 0.2) is 0 Å². The fourth-order valence-corrected chi connectivity index (χ4v) is 5.53. The number of carbonyl (C=O) groups excluding carboxylic acids is 2. The average molecular weight is 433 g/mol. The lowest BCUT2D eigenvalue weighted by atomic mass is 9.73. The van der Waals surface area contributed by atoms with Gasteiger partial charge in [-0.25, -0.2) is 4.79 Å². The number of esters is 2. The highest BCUT2D eigenvalue weighted by molar-refractivity contribution is 5.71. The first kappa shape index (κ1) is 23.7. The van der Waals surface area contributed by atoms with Gasteiger partial charge in [-0.3, -0.25) is 4.79 Å². The van der Waals surface area contributed by atoms with Crippen molar-refractivity contribution in [2.24, 2.45) is 17.8 Å². The van der Waals surface area contributed by atoms with Gasteiger partial charge in [0.05, 0.1) is 6.10 Å². The minimum Gasteiger partial charge on any atom is -0.460 e.